The van der Waals surface area contributed by atoms with Crippen molar-refractivity contribution in [3.8, 4) is 0 Å². The van der Waals surface area contributed by atoms with Gasteiger partial charge in [-0.25, -0.2) is 4.79 Å². The number of hydrogen-bond acceptors (Lipinski definition) is 3. The lowest BCUT2D eigenvalue weighted by atomic mass is 9.93. The zero-order valence-corrected chi connectivity index (χ0v) is 11.9. The van der Waals surface area contributed by atoms with Gasteiger partial charge in [0, 0.05) is 51.5 Å². The van der Waals surface area contributed by atoms with E-state index in [2.05, 4.69) is 15.7 Å². The van der Waals surface area contributed by atoms with Crippen molar-refractivity contribution in [2.24, 2.45) is 7.05 Å². The van der Waals surface area contributed by atoms with Crippen LogP contribution in [0.4, 0.5) is 4.79 Å². The van der Waals surface area contributed by atoms with Gasteiger partial charge in [0.15, 0.2) is 0 Å². The quantitative estimate of drug-likeness (QED) is 0.786. The minimum atomic E-state index is -0.0486. The summed E-state index contributed by atoms with van der Waals surface area (Å²) in [6.07, 6.45) is 5.40. The van der Waals surface area contributed by atoms with Crippen LogP contribution in [-0.4, -0.2) is 47.9 Å². The molecule has 0 aliphatic heterocycles. The molecule has 2 amide bonds. The maximum absolute atomic E-state index is 11.4. The summed E-state index contributed by atoms with van der Waals surface area (Å²) in [4.78, 5) is 12.9. The summed E-state index contributed by atoms with van der Waals surface area (Å²) in [5.41, 5.74) is 2.65. The van der Waals surface area contributed by atoms with E-state index in [-0.39, 0.29) is 6.03 Å². The number of urea groups is 1. The van der Waals surface area contributed by atoms with Crippen molar-refractivity contribution in [2.75, 3.05) is 27.2 Å². The molecule has 0 saturated heterocycles. The Kier molecular flexibility index (Phi) is 4.42. The summed E-state index contributed by atoms with van der Waals surface area (Å²) >= 11 is 0. The summed E-state index contributed by atoms with van der Waals surface area (Å²) in [7, 11) is 5.48. The molecule has 6 nitrogen and oxygen atoms in total. The highest BCUT2D eigenvalue weighted by molar-refractivity contribution is 5.73. The second-order valence-corrected chi connectivity index (χ2v) is 5.20. The van der Waals surface area contributed by atoms with Gasteiger partial charge in [-0.05, 0) is 19.3 Å². The molecule has 0 aromatic carbocycles. The number of carbonyl (C=O) groups is 1. The zero-order chi connectivity index (χ0) is 13.8. The summed E-state index contributed by atoms with van der Waals surface area (Å²) in [6, 6.07) is 0.321. The predicted molar refractivity (Wildman–Crippen MR) is 74.0 cm³/mol. The van der Waals surface area contributed by atoms with Crippen LogP contribution in [0.2, 0.25) is 0 Å². The zero-order valence-electron chi connectivity index (χ0n) is 11.9. The molecule has 6 heteroatoms. The Bertz CT molecular complexity index is 440. The SMILES string of the molecule is CN(C)C(=O)NCCNC1CCCc2c1cnn2C. The van der Waals surface area contributed by atoms with Crippen molar-refractivity contribution in [1.29, 1.82) is 0 Å². The fourth-order valence-corrected chi connectivity index (χ4v) is 2.49. The third-order valence-corrected chi connectivity index (χ3v) is 3.57. The molecule has 106 valence electrons. The molecule has 0 spiro atoms. The minimum absolute atomic E-state index is 0.0486. The van der Waals surface area contributed by atoms with Crippen molar-refractivity contribution in [2.45, 2.75) is 25.3 Å². The number of rotatable bonds is 4. The van der Waals surface area contributed by atoms with Crippen molar-refractivity contribution in [3.63, 3.8) is 0 Å². The number of hydrogen-bond donors (Lipinski definition) is 2. The molecule has 1 unspecified atom stereocenters. The molecule has 0 fully saturated rings. The third kappa shape index (κ3) is 3.26. The topological polar surface area (TPSA) is 62.2 Å². The van der Waals surface area contributed by atoms with Crippen LogP contribution in [0, 0.1) is 0 Å². The van der Waals surface area contributed by atoms with Crippen molar-refractivity contribution in [1.82, 2.24) is 25.3 Å². The minimum Gasteiger partial charge on any atom is -0.337 e. The summed E-state index contributed by atoms with van der Waals surface area (Å²) in [5, 5.41) is 10.7. The van der Waals surface area contributed by atoms with Crippen LogP contribution in [-0.2, 0) is 13.5 Å². The van der Waals surface area contributed by atoms with Gasteiger partial charge in [0.2, 0.25) is 0 Å². The number of nitrogens with one attached hydrogen (secondary N) is 2. The number of amides is 2. The Balaban J connectivity index is 1.80. The summed E-state index contributed by atoms with van der Waals surface area (Å²) < 4.78 is 1.97. The number of aromatic nitrogens is 2. The Morgan fingerprint density at radius 2 is 2.32 bits per heavy atom. The molecule has 1 aliphatic carbocycles. The Morgan fingerprint density at radius 1 is 1.53 bits per heavy atom. The van der Waals surface area contributed by atoms with E-state index in [0.29, 0.717) is 12.6 Å². The highest BCUT2D eigenvalue weighted by Crippen LogP contribution is 2.28. The molecular weight excluding hydrogens is 242 g/mol. The standard InChI is InChI=1S/C13H23N5O/c1-17(2)13(19)15-8-7-14-11-5-4-6-12-10(11)9-16-18(12)3/h9,11,14H,4-8H2,1-3H3,(H,15,19). The van der Waals surface area contributed by atoms with Crippen molar-refractivity contribution in [3.05, 3.63) is 17.5 Å². The Morgan fingerprint density at radius 3 is 3.05 bits per heavy atom. The Hall–Kier alpha value is -1.56. The molecule has 1 atom stereocenters. The maximum Gasteiger partial charge on any atom is 0.316 e. The van der Waals surface area contributed by atoms with E-state index in [4.69, 9.17) is 0 Å². The van der Waals surface area contributed by atoms with E-state index < -0.39 is 0 Å². The van der Waals surface area contributed by atoms with E-state index >= 15 is 0 Å². The molecule has 0 radical (unpaired) electrons. The lowest BCUT2D eigenvalue weighted by Crippen LogP contribution is -2.39. The van der Waals surface area contributed by atoms with Crippen LogP contribution in [0.25, 0.3) is 0 Å². The van der Waals surface area contributed by atoms with Gasteiger partial charge < -0.3 is 15.5 Å². The highest BCUT2D eigenvalue weighted by atomic mass is 16.2. The van der Waals surface area contributed by atoms with Crippen molar-refractivity contribution < 1.29 is 4.79 Å². The lowest BCUT2D eigenvalue weighted by Gasteiger charge is -2.24. The average Bonchev–Trinajstić information content (AvgIpc) is 2.77. The molecule has 1 heterocycles. The normalized spacial score (nSPS) is 17.9. The molecule has 0 bridgehead atoms. The van der Waals surface area contributed by atoms with E-state index in [1.807, 2.05) is 17.9 Å². The van der Waals surface area contributed by atoms with Crippen LogP contribution in [0.1, 0.15) is 30.1 Å². The number of fused-ring (bicyclic) bond motifs is 1. The maximum atomic E-state index is 11.4. The van der Waals surface area contributed by atoms with Crippen LogP contribution < -0.4 is 10.6 Å². The van der Waals surface area contributed by atoms with E-state index in [0.717, 1.165) is 19.4 Å². The molecular formula is C13H23N5O. The van der Waals surface area contributed by atoms with Gasteiger partial charge in [-0.1, -0.05) is 0 Å². The van der Waals surface area contributed by atoms with Gasteiger partial charge in [-0.15, -0.1) is 0 Å². The monoisotopic (exact) mass is 265 g/mol. The summed E-state index contributed by atoms with van der Waals surface area (Å²) in [5.74, 6) is 0. The molecule has 1 aromatic rings. The van der Waals surface area contributed by atoms with E-state index in [1.165, 1.54) is 17.7 Å². The molecule has 2 rings (SSSR count). The van der Waals surface area contributed by atoms with Gasteiger partial charge in [0.25, 0.3) is 0 Å². The molecule has 2 N–H and O–H groups in total. The van der Waals surface area contributed by atoms with Gasteiger partial charge in [0.05, 0.1) is 6.20 Å². The summed E-state index contributed by atoms with van der Waals surface area (Å²) in [6.45, 7) is 1.42. The highest BCUT2D eigenvalue weighted by Gasteiger charge is 2.22. The van der Waals surface area contributed by atoms with Crippen LogP contribution in [0.15, 0.2) is 6.20 Å². The Labute approximate surface area is 114 Å². The first kappa shape index (κ1) is 13.9. The van der Waals surface area contributed by atoms with Crippen LogP contribution in [0.5, 0.6) is 0 Å². The molecule has 1 aliphatic rings. The van der Waals surface area contributed by atoms with Gasteiger partial charge >= 0.3 is 6.03 Å². The lowest BCUT2D eigenvalue weighted by molar-refractivity contribution is 0.217. The second-order valence-electron chi connectivity index (χ2n) is 5.20. The van der Waals surface area contributed by atoms with Crippen molar-refractivity contribution >= 4 is 6.03 Å². The van der Waals surface area contributed by atoms with Gasteiger partial charge in [-0.2, -0.15) is 5.10 Å². The number of nitrogens with zero attached hydrogens (tertiary/aromatic N) is 3. The van der Waals surface area contributed by atoms with E-state index in [9.17, 15) is 4.79 Å². The second kappa shape index (κ2) is 6.06. The van der Waals surface area contributed by atoms with Crippen LogP contribution in [0.3, 0.4) is 0 Å². The first-order valence-electron chi connectivity index (χ1n) is 6.79. The average molecular weight is 265 g/mol. The van der Waals surface area contributed by atoms with Gasteiger partial charge in [-0.3, -0.25) is 4.68 Å². The predicted octanol–water partition coefficient (Wildman–Crippen LogP) is 0.658. The number of carbonyl (C=O) groups excluding carboxylic acids is 1. The smallest absolute Gasteiger partial charge is 0.316 e. The largest absolute Gasteiger partial charge is 0.337 e. The third-order valence-electron chi connectivity index (χ3n) is 3.57. The molecule has 1 aromatic heterocycles. The molecule has 0 saturated carbocycles. The van der Waals surface area contributed by atoms with E-state index in [1.54, 1.807) is 19.0 Å². The molecule has 19 heavy (non-hydrogen) atoms. The number of aryl methyl sites for hydroxylation is 1. The first-order valence-corrected chi connectivity index (χ1v) is 6.79. The van der Waals surface area contributed by atoms with Gasteiger partial charge in [0.1, 0.15) is 0 Å². The first-order chi connectivity index (χ1) is 9.09. The fraction of sp³-hybridized carbons (Fsp3) is 0.692. The fourth-order valence-electron chi connectivity index (χ4n) is 2.49. The van der Waals surface area contributed by atoms with Crippen LogP contribution >= 0.6 is 0 Å².